The molecule has 7 nitrogen and oxygen atoms in total. The first kappa shape index (κ1) is 17.4. The Labute approximate surface area is 148 Å². The van der Waals surface area contributed by atoms with Crippen molar-refractivity contribution < 1.29 is 23.5 Å². The molecule has 0 aliphatic heterocycles. The SMILES string of the molecule is CCOC(=O)c1cnn2ccc(NC(=O)COc3ccc(F)cc3)cc12. The van der Waals surface area contributed by atoms with Crippen LogP contribution in [0.25, 0.3) is 5.52 Å². The maximum absolute atomic E-state index is 12.8. The number of fused-ring (bicyclic) bond motifs is 1. The van der Waals surface area contributed by atoms with Gasteiger partial charge in [-0.2, -0.15) is 5.10 Å². The van der Waals surface area contributed by atoms with Gasteiger partial charge in [-0.25, -0.2) is 13.7 Å². The lowest BCUT2D eigenvalue weighted by molar-refractivity contribution is -0.118. The van der Waals surface area contributed by atoms with E-state index < -0.39 is 11.9 Å². The maximum atomic E-state index is 12.8. The Morgan fingerprint density at radius 1 is 1.23 bits per heavy atom. The van der Waals surface area contributed by atoms with Gasteiger partial charge in [-0.3, -0.25) is 4.79 Å². The third-order valence-corrected chi connectivity index (χ3v) is 3.48. The van der Waals surface area contributed by atoms with Crippen molar-refractivity contribution in [2.24, 2.45) is 0 Å². The molecule has 0 saturated carbocycles. The van der Waals surface area contributed by atoms with Crippen LogP contribution in [0.4, 0.5) is 10.1 Å². The van der Waals surface area contributed by atoms with Gasteiger partial charge in [-0.05, 0) is 43.3 Å². The fourth-order valence-electron chi connectivity index (χ4n) is 2.30. The summed E-state index contributed by atoms with van der Waals surface area (Å²) in [4.78, 5) is 24.0. The predicted octanol–water partition coefficient (Wildman–Crippen LogP) is 2.67. The zero-order chi connectivity index (χ0) is 18.5. The molecule has 0 fully saturated rings. The first-order chi connectivity index (χ1) is 12.6. The third kappa shape index (κ3) is 3.97. The van der Waals surface area contributed by atoms with Gasteiger partial charge < -0.3 is 14.8 Å². The zero-order valence-corrected chi connectivity index (χ0v) is 13.9. The molecule has 1 amide bonds. The molecule has 3 rings (SSSR count). The lowest BCUT2D eigenvalue weighted by atomic mass is 10.2. The van der Waals surface area contributed by atoms with Crippen LogP contribution in [0.15, 0.2) is 48.8 Å². The van der Waals surface area contributed by atoms with E-state index in [1.165, 1.54) is 35.0 Å². The second-order valence-corrected chi connectivity index (χ2v) is 5.31. The summed E-state index contributed by atoms with van der Waals surface area (Å²) in [5.41, 5.74) is 1.31. The predicted molar refractivity (Wildman–Crippen MR) is 91.7 cm³/mol. The highest BCUT2D eigenvalue weighted by atomic mass is 19.1. The molecule has 0 saturated heterocycles. The highest BCUT2D eigenvalue weighted by Gasteiger charge is 2.14. The number of halogens is 1. The maximum Gasteiger partial charge on any atom is 0.341 e. The van der Waals surface area contributed by atoms with Gasteiger partial charge in [-0.15, -0.1) is 0 Å². The normalized spacial score (nSPS) is 10.5. The summed E-state index contributed by atoms with van der Waals surface area (Å²) in [5.74, 6) is -0.868. The molecule has 134 valence electrons. The number of carbonyl (C=O) groups is 2. The third-order valence-electron chi connectivity index (χ3n) is 3.48. The number of amides is 1. The van der Waals surface area contributed by atoms with Crippen molar-refractivity contribution in [3.8, 4) is 5.75 Å². The minimum Gasteiger partial charge on any atom is -0.484 e. The average molecular weight is 357 g/mol. The summed E-state index contributed by atoms with van der Waals surface area (Å²) in [6.45, 7) is 1.74. The summed E-state index contributed by atoms with van der Waals surface area (Å²) < 4.78 is 24.6. The molecule has 1 N–H and O–H groups in total. The van der Waals surface area contributed by atoms with Gasteiger partial charge >= 0.3 is 5.97 Å². The minimum absolute atomic E-state index is 0.235. The number of ether oxygens (including phenoxy) is 2. The van der Waals surface area contributed by atoms with E-state index in [0.717, 1.165) is 0 Å². The van der Waals surface area contributed by atoms with Crippen LogP contribution in [0, 0.1) is 5.82 Å². The number of rotatable bonds is 6. The number of anilines is 1. The molecule has 0 spiro atoms. The summed E-state index contributed by atoms with van der Waals surface area (Å²) in [5, 5.41) is 6.75. The summed E-state index contributed by atoms with van der Waals surface area (Å²) in [6, 6.07) is 8.63. The van der Waals surface area contributed by atoms with Crippen molar-refractivity contribution in [2.75, 3.05) is 18.5 Å². The summed E-state index contributed by atoms with van der Waals surface area (Å²) in [7, 11) is 0. The minimum atomic E-state index is -0.481. The quantitative estimate of drug-likeness (QED) is 0.686. The Kier molecular flexibility index (Phi) is 5.12. The fraction of sp³-hybridized carbons (Fsp3) is 0.167. The Morgan fingerprint density at radius 3 is 2.73 bits per heavy atom. The molecule has 0 aliphatic carbocycles. The molecule has 8 heteroatoms. The highest BCUT2D eigenvalue weighted by molar-refractivity contribution is 5.98. The smallest absolute Gasteiger partial charge is 0.341 e. The molecular formula is C18H16FN3O4. The van der Waals surface area contributed by atoms with E-state index >= 15 is 0 Å². The number of hydrogen-bond acceptors (Lipinski definition) is 5. The fourth-order valence-corrected chi connectivity index (χ4v) is 2.30. The standard InChI is InChI=1S/C18H16FN3O4/c1-2-25-18(24)15-10-20-22-8-7-13(9-16(15)22)21-17(23)11-26-14-5-3-12(19)4-6-14/h3-10H,2,11H2,1H3,(H,21,23). The Morgan fingerprint density at radius 2 is 2.00 bits per heavy atom. The zero-order valence-electron chi connectivity index (χ0n) is 13.9. The Hall–Kier alpha value is -3.42. The topological polar surface area (TPSA) is 81.9 Å². The number of aromatic nitrogens is 2. The molecule has 3 aromatic rings. The molecule has 0 unspecified atom stereocenters. The molecule has 2 aromatic heterocycles. The first-order valence-electron chi connectivity index (χ1n) is 7.89. The molecule has 0 atom stereocenters. The monoisotopic (exact) mass is 357 g/mol. The molecular weight excluding hydrogens is 341 g/mol. The second kappa shape index (κ2) is 7.64. The summed E-state index contributed by atoms with van der Waals surface area (Å²) >= 11 is 0. The van der Waals surface area contributed by atoms with Crippen LogP contribution in [-0.4, -0.2) is 34.7 Å². The van der Waals surface area contributed by atoms with Gasteiger partial charge in [0, 0.05) is 11.9 Å². The van der Waals surface area contributed by atoms with Crippen LogP contribution in [0.1, 0.15) is 17.3 Å². The van der Waals surface area contributed by atoms with Crippen LogP contribution in [0.3, 0.4) is 0 Å². The molecule has 0 aliphatic rings. The van der Waals surface area contributed by atoms with E-state index in [1.54, 1.807) is 25.3 Å². The Bertz CT molecular complexity index is 937. The number of benzene rings is 1. The van der Waals surface area contributed by atoms with E-state index in [0.29, 0.717) is 22.5 Å². The van der Waals surface area contributed by atoms with Crippen molar-refractivity contribution in [3.05, 3.63) is 60.2 Å². The van der Waals surface area contributed by atoms with Crippen molar-refractivity contribution in [1.29, 1.82) is 0 Å². The van der Waals surface area contributed by atoms with E-state index in [1.807, 2.05) is 0 Å². The number of nitrogens with zero attached hydrogens (tertiary/aromatic N) is 2. The van der Waals surface area contributed by atoms with E-state index in [4.69, 9.17) is 9.47 Å². The van der Waals surface area contributed by atoms with Crippen molar-refractivity contribution >= 4 is 23.1 Å². The van der Waals surface area contributed by atoms with Crippen LogP contribution in [0.2, 0.25) is 0 Å². The van der Waals surface area contributed by atoms with Crippen molar-refractivity contribution in [1.82, 2.24) is 9.61 Å². The van der Waals surface area contributed by atoms with Crippen LogP contribution >= 0.6 is 0 Å². The number of pyridine rings is 1. The van der Waals surface area contributed by atoms with Gasteiger partial charge in [0.1, 0.15) is 17.1 Å². The van der Waals surface area contributed by atoms with Crippen LogP contribution in [-0.2, 0) is 9.53 Å². The lowest BCUT2D eigenvalue weighted by Crippen LogP contribution is -2.20. The van der Waals surface area contributed by atoms with Gasteiger partial charge in [-0.1, -0.05) is 0 Å². The van der Waals surface area contributed by atoms with Gasteiger partial charge in [0.25, 0.3) is 5.91 Å². The second-order valence-electron chi connectivity index (χ2n) is 5.31. The lowest BCUT2D eigenvalue weighted by Gasteiger charge is -2.08. The van der Waals surface area contributed by atoms with Crippen LogP contribution < -0.4 is 10.1 Å². The van der Waals surface area contributed by atoms with Gasteiger partial charge in [0.15, 0.2) is 6.61 Å². The Balaban J connectivity index is 1.67. The van der Waals surface area contributed by atoms with Gasteiger partial charge in [0.2, 0.25) is 0 Å². The molecule has 26 heavy (non-hydrogen) atoms. The molecule has 1 aromatic carbocycles. The highest BCUT2D eigenvalue weighted by Crippen LogP contribution is 2.17. The van der Waals surface area contributed by atoms with Crippen molar-refractivity contribution in [2.45, 2.75) is 6.92 Å². The molecule has 2 heterocycles. The molecule has 0 radical (unpaired) electrons. The average Bonchev–Trinajstić information content (AvgIpc) is 3.05. The first-order valence-corrected chi connectivity index (χ1v) is 7.89. The van der Waals surface area contributed by atoms with E-state index in [2.05, 4.69) is 10.4 Å². The number of carbonyl (C=O) groups excluding carboxylic acids is 2. The van der Waals surface area contributed by atoms with Crippen LogP contribution in [0.5, 0.6) is 5.75 Å². The van der Waals surface area contributed by atoms with Gasteiger partial charge in [0.05, 0.1) is 18.3 Å². The molecule has 0 bridgehead atoms. The van der Waals surface area contributed by atoms with E-state index in [-0.39, 0.29) is 19.0 Å². The number of hydrogen-bond donors (Lipinski definition) is 1. The number of esters is 1. The number of nitrogens with one attached hydrogen (secondary N) is 1. The van der Waals surface area contributed by atoms with Crippen molar-refractivity contribution in [3.63, 3.8) is 0 Å². The largest absolute Gasteiger partial charge is 0.484 e. The van der Waals surface area contributed by atoms with E-state index in [9.17, 15) is 14.0 Å². The summed E-state index contributed by atoms with van der Waals surface area (Å²) in [6.07, 6.45) is 3.03.